The standard InChI is InChI=1S/C19H31NO2/c1-13(9-7-8-12-20)10-11-17-16(4)18(21-5)14(2)15(3)19(17)22-6/h10H,7-9,11-12,20H2,1-6H3/b13-10+. The molecule has 1 aromatic carbocycles. The van der Waals surface area contributed by atoms with Crippen LogP contribution in [0, 0.1) is 20.8 Å². The summed E-state index contributed by atoms with van der Waals surface area (Å²) in [6.07, 6.45) is 6.53. The highest BCUT2D eigenvalue weighted by atomic mass is 16.5. The molecule has 3 nitrogen and oxygen atoms in total. The minimum Gasteiger partial charge on any atom is -0.496 e. The van der Waals surface area contributed by atoms with Gasteiger partial charge in [-0.3, -0.25) is 0 Å². The number of unbranched alkanes of at least 4 members (excludes halogenated alkanes) is 1. The quantitative estimate of drug-likeness (QED) is 0.577. The van der Waals surface area contributed by atoms with Crippen molar-refractivity contribution in [2.24, 2.45) is 5.73 Å². The third-order valence-electron chi connectivity index (χ3n) is 4.40. The molecular formula is C19H31NO2. The molecule has 3 heteroatoms. The highest BCUT2D eigenvalue weighted by molar-refractivity contribution is 5.58. The minimum absolute atomic E-state index is 0.772. The topological polar surface area (TPSA) is 44.5 Å². The van der Waals surface area contributed by atoms with Gasteiger partial charge in [0.2, 0.25) is 0 Å². The van der Waals surface area contributed by atoms with Gasteiger partial charge >= 0.3 is 0 Å². The van der Waals surface area contributed by atoms with Crippen LogP contribution in [-0.4, -0.2) is 20.8 Å². The zero-order valence-corrected chi connectivity index (χ0v) is 15.0. The van der Waals surface area contributed by atoms with E-state index in [1.165, 1.54) is 16.7 Å². The summed E-state index contributed by atoms with van der Waals surface area (Å²) in [6.45, 7) is 9.25. The molecule has 0 heterocycles. The van der Waals surface area contributed by atoms with Gasteiger partial charge in [0, 0.05) is 5.56 Å². The number of hydrogen-bond donors (Lipinski definition) is 1. The molecular weight excluding hydrogens is 274 g/mol. The summed E-state index contributed by atoms with van der Waals surface area (Å²) in [5.41, 5.74) is 11.7. The van der Waals surface area contributed by atoms with E-state index in [1.54, 1.807) is 14.2 Å². The maximum Gasteiger partial charge on any atom is 0.126 e. The van der Waals surface area contributed by atoms with Crippen molar-refractivity contribution >= 4 is 0 Å². The van der Waals surface area contributed by atoms with E-state index in [0.717, 1.165) is 54.9 Å². The van der Waals surface area contributed by atoms with Gasteiger partial charge in [0.25, 0.3) is 0 Å². The molecule has 0 radical (unpaired) electrons. The van der Waals surface area contributed by atoms with Crippen LogP contribution in [0.2, 0.25) is 0 Å². The van der Waals surface area contributed by atoms with Crippen LogP contribution in [0.4, 0.5) is 0 Å². The molecule has 0 saturated heterocycles. The Morgan fingerprint density at radius 1 is 0.955 bits per heavy atom. The third-order valence-corrected chi connectivity index (χ3v) is 4.40. The van der Waals surface area contributed by atoms with Gasteiger partial charge < -0.3 is 15.2 Å². The molecule has 0 spiro atoms. The molecule has 1 rings (SSSR count). The number of ether oxygens (including phenoxy) is 2. The number of methoxy groups -OCH3 is 2. The van der Waals surface area contributed by atoms with Crippen LogP contribution < -0.4 is 15.2 Å². The van der Waals surface area contributed by atoms with Crippen LogP contribution in [0.3, 0.4) is 0 Å². The van der Waals surface area contributed by atoms with Crippen molar-refractivity contribution in [3.63, 3.8) is 0 Å². The zero-order valence-electron chi connectivity index (χ0n) is 15.0. The first-order valence-corrected chi connectivity index (χ1v) is 8.04. The van der Waals surface area contributed by atoms with Crippen molar-refractivity contribution in [1.82, 2.24) is 0 Å². The molecule has 0 aliphatic heterocycles. The Balaban J connectivity index is 3.08. The molecule has 0 saturated carbocycles. The smallest absolute Gasteiger partial charge is 0.126 e. The second kappa shape index (κ2) is 8.84. The Hall–Kier alpha value is -1.48. The Bertz CT molecular complexity index is 533. The molecule has 2 N–H and O–H groups in total. The van der Waals surface area contributed by atoms with Gasteiger partial charge in [0.1, 0.15) is 11.5 Å². The van der Waals surface area contributed by atoms with Crippen LogP contribution in [0.1, 0.15) is 48.4 Å². The van der Waals surface area contributed by atoms with Crippen molar-refractivity contribution in [3.8, 4) is 11.5 Å². The molecule has 1 aromatic rings. The second-order valence-corrected chi connectivity index (χ2v) is 5.92. The highest BCUT2D eigenvalue weighted by Crippen LogP contribution is 2.38. The summed E-state index contributed by atoms with van der Waals surface area (Å²) in [5, 5.41) is 0. The fourth-order valence-electron chi connectivity index (χ4n) is 2.91. The van der Waals surface area contributed by atoms with Gasteiger partial charge in [-0.1, -0.05) is 11.6 Å². The predicted molar refractivity (Wildman–Crippen MR) is 94.1 cm³/mol. The van der Waals surface area contributed by atoms with E-state index in [-0.39, 0.29) is 0 Å². The van der Waals surface area contributed by atoms with Gasteiger partial charge in [-0.05, 0) is 76.6 Å². The second-order valence-electron chi connectivity index (χ2n) is 5.92. The molecule has 0 atom stereocenters. The van der Waals surface area contributed by atoms with Crippen LogP contribution >= 0.6 is 0 Å². The first-order chi connectivity index (χ1) is 10.5. The number of hydrogen-bond acceptors (Lipinski definition) is 3. The average Bonchev–Trinajstić information content (AvgIpc) is 2.50. The molecule has 0 fully saturated rings. The van der Waals surface area contributed by atoms with E-state index in [4.69, 9.17) is 15.2 Å². The van der Waals surface area contributed by atoms with Crippen LogP contribution in [0.5, 0.6) is 11.5 Å². The summed E-state index contributed by atoms with van der Waals surface area (Å²) in [4.78, 5) is 0. The van der Waals surface area contributed by atoms with Gasteiger partial charge in [0.05, 0.1) is 14.2 Å². The minimum atomic E-state index is 0.772. The largest absolute Gasteiger partial charge is 0.496 e. The predicted octanol–water partition coefficient (Wildman–Crippen LogP) is 4.25. The summed E-state index contributed by atoms with van der Waals surface area (Å²) in [5.74, 6) is 1.96. The average molecular weight is 305 g/mol. The number of allylic oxidation sites excluding steroid dienone is 2. The Kier molecular flexibility index (Phi) is 7.46. The molecule has 0 aromatic heterocycles. The number of benzene rings is 1. The fraction of sp³-hybridized carbons (Fsp3) is 0.579. The van der Waals surface area contributed by atoms with Crippen LogP contribution in [-0.2, 0) is 6.42 Å². The zero-order chi connectivity index (χ0) is 16.7. The molecule has 0 amide bonds. The molecule has 0 aliphatic carbocycles. The molecule has 22 heavy (non-hydrogen) atoms. The SMILES string of the molecule is COc1c(C)c(C)c(OC)c(C/C=C(\C)CCCCN)c1C. The van der Waals surface area contributed by atoms with Crippen molar-refractivity contribution < 1.29 is 9.47 Å². The summed E-state index contributed by atoms with van der Waals surface area (Å²) in [7, 11) is 3.48. The lowest BCUT2D eigenvalue weighted by Gasteiger charge is -2.20. The van der Waals surface area contributed by atoms with E-state index in [1.807, 2.05) is 0 Å². The van der Waals surface area contributed by atoms with E-state index >= 15 is 0 Å². The van der Waals surface area contributed by atoms with Crippen LogP contribution in [0.25, 0.3) is 0 Å². The maximum atomic E-state index is 5.67. The van der Waals surface area contributed by atoms with E-state index < -0.39 is 0 Å². The summed E-state index contributed by atoms with van der Waals surface area (Å²) in [6, 6.07) is 0. The Morgan fingerprint density at radius 2 is 1.55 bits per heavy atom. The molecule has 0 unspecified atom stereocenters. The molecule has 0 bridgehead atoms. The highest BCUT2D eigenvalue weighted by Gasteiger charge is 2.17. The van der Waals surface area contributed by atoms with Crippen molar-refractivity contribution in [2.45, 2.75) is 53.4 Å². The molecule has 0 aliphatic rings. The number of rotatable bonds is 8. The monoisotopic (exact) mass is 305 g/mol. The fourth-order valence-corrected chi connectivity index (χ4v) is 2.91. The van der Waals surface area contributed by atoms with E-state index in [9.17, 15) is 0 Å². The first-order valence-electron chi connectivity index (χ1n) is 8.04. The van der Waals surface area contributed by atoms with Crippen molar-refractivity contribution in [1.29, 1.82) is 0 Å². The lowest BCUT2D eigenvalue weighted by atomic mass is 9.94. The van der Waals surface area contributed by atoms with E-state index in [0.29, 0.717) is 0 Å². The third kappa shape index (κ3) is 4.26. The lowest BCUT2D eigenvalue weighted by Crippen LogP contribution is -2.03. The van der Waals surface area contributed by atoms with Crippen LogP contribution in [0.15, 0.2) is 11.6 Å². The number of nitrogens with two attached hydrogens (primary N) is 1. The van der Waals surface area contributed by atoms with Gasteiger partial charge in [0.15, 0.2) is 0 Å². The lowest BCUT2D eigenvalue weighted by molar-refractivity contribution is 0.391. The van der Waals surface area contributed by atoms with Gasteiger partial charge in [-0.25, -0.2) is 0 Å². The van der Waals surface area contributed by atoms with E-state index in [2.05, 4.69) is 33.8 Å². The van der Waals surface area contributed by atoms with Gasteiger partial charge in [-0.15, -0.1) is 0 Å². The normalized spacial score (nSPS) is 11.7. The van der Waals surface area contributed by atoms with Gasteiger partial charge in [-0.2, -0.15) is 0 Å². The summed E-state index contributed by atoms with van der Waals surface area (Å²) >= 11 is 0. The first kappa shape index (κ1) is 18.6. The maximum absolute atomic E-state index is 5.67. The summed E-state index contributed by atoms with van der Waals surface area (Å²) < 4.78 is 11.3. The Morgan fingerprint density at radius 3 is 2.09 bits per heavy atom. The Labute approximate surface area is 135 Å². The molecule has 124 valence electrons. The van der Waals surface area contributed by atoms with Crippen molar-refractivity contribution in [3.05, 3.63) is 33.9 Å². The van der Waals surface area contributed by atoms with Crippen molar-refractivity contribution in [2.75, 3.05) is 20.8 Å².